The minimum absolute atomic E-state index is 0.0215. The number of rotatable bonds is 4. The molecule has 1 N–H and O–H groups in total. The molecule has 0 radical (unpaired) electrons. The van der Waals surface area contributed by atoms with Crippen LogP contribution in [-0.4, -0.2) is 16.5 Å². The molecular weight excluding hydrogens is 232 g/mol. The molecule has 0 unspecified atom stereocenters. The maximum Gasteiger partial charge on any atom is 0.328 e. The molecule has 0 fully saturated rings. The Hall–Kier alpha value is -2.16. The average Bonchev–Trinajstić information content (AvgIpc) is 2.26. The maximum absolute atomic E-state index is 10.9. The van der Waals surface area contributed by atoms with Crippen LogP contribution in [0.1, 0.15) is 32.8 Å². The Morgan fingerprint density at radius 3 is 2.72 bits per heavy atom. The summed E-state index contributed by atoms with van der Waals surface area (Å²) in [4.78, 5) is 14.3. The number of nitrogens with zero attached hydrogens (tertiary/aromatic N) is 3. The largest absolute Gasteiger partial charge is 0.364 e. The van der Waals surface area contributed by atoms with Crippen molar-refractivity contribution in [1.82, 2.24) is 4.98 Å². The first-order chi connectivity index (χ1) is 8.35. The normalized spacial score (nSPS) is 10.8. The van der Waals surface area contributed by atoms with Crippen molar-refractivity contribution in [2.24, 2.45) is 5.41 Å². The summed E-state index contributed by atoms with van der Waals surface area (Å²) >= 11 is 0. The van der Waals surface area contributed by atoms with E-state index in [1.807, 2.05) is 0 Å². The van der Waals surface area contributed by atoms with E-state index in [2.05, 4.69) is 31.1 Å². The van der Waals surface area contributed by atoms with Gasteiger partial charge < -0.3 is 5.32 Å². The van der Waals surface area contributed by atoms with Gasteiger partial charge in [0.15, 0.2) is 0 Å². The molecule has 1 rings (SSSR count). The molecule has 0 spiro atoms. The van der Waals surface area contributed by atoms with Gasteiger partial charge in [0, 0.05) is 12.7 Å². The summed E-state index contributed by atoms with van der Waals surface area (Å²) in [5.74, 6) is 0.156. The molecule has 0 saturated heterocycles. The van der Waals surface area contributed by atoms with Crippen LogP contribution in [0.5, 0.6) is 0 Å². The quantitative estimate of drug-likeness (QED) is 0.653. The molecule has 0 amide bonds. The van der Waals surface area contributed by atoms with Crippen LogP contribution >= 0.6 is 0 Å². The third-order valence-corrected chi connectivity index (χ3v) is 2.39. The molecule has 6 heteroatoms. The lowest BCUT2D eigenvalue weighted by Gasteiger charge is -2.18. The smallest absolute Gasteiger partial charge is 0.328 e. The molecule has 6 nitrogen and oxygen atoms in total. The van der Waals surface area contributed by atoms with E-state index < -0.39 is 4.92 Å². The maximum atomic E-state index is 10.9. The number of nitrogens with one attached hydrogen (secondary N) is 1. The number of hydrogen-bond acceptors (Lipinski definition) is 5. The van der Waals surface area contributed by atoms with Crippen LogP contribution in [0.15, 0.2) is 12.3 Å². The van der Waals surface area contributed by atoms with Crippen molar-refractivity contribution >= 4 is 11.5 Å². The number of hydrogen-bond donors (Lipinski definition) is 1. The summed E-state index contributed by atoms with van der Waals surface area (Å²) in [7, 11) is 0. The Morgan fingerprint density at radius 2 is 2.22 bits per heavy atom. The summed E-state index contributed by atoms with van der Waals surface area (Å²) in [5, 5.41) is 22.7. The molecule has 0 aromatic carbocycles. The zero-order valence-corrected chi connectivity index (χ0v) is 10.7. The van der Waals surface area contributed by atoms with Gasteiger partial charge in [0.25, 0.3) is 0 Å². The van der Waals surface area contributed by atoms with Crippen molar-refractivity contribution in [3.05, 3.63) is 27.9 Å². The van der Waals surface area contributed by atoms with E-state index in [0.29, 0.717) is 6.54 Å². The van der Waals surface area contributed by atoms with Crippen LogP contribution in [0.3, 0.4) is 0 Å². The van der Waals surface area contributed by atoms with E-state index in [1.165, 1.54) is 12.3 Å². The minimum atomic E-state index is -0.578. The van der Waals surface area contributed by atoms with Gasteiger partial charge in [-0.3, -0.25) is 10.1 Å². The number of nitro groups is 1. The van der Waals surface area contributed by atoms with Crippen molar-refractivity contribution in [3.8, 4) is 6.07 Å². The van der Waals surface area contributed by atoms with E-state index in [9.17, 15) is 10.1 Å². The van der Waals surface area contributed by atoms with Crippen molar-refractivity contribution in [3.63, 3.8) is 0 Å². The fourth-order valence-corrected chi connectivity index (χ4v) is 1.41. The van der Waals surface area contributed by atoms with Crippen LogP contribution in [-0.2, 0) is 0 Å². The lowest BCUT2D eigenvalue weighted by Crippen LogP contribution is -2.14. The summed E-state index contributed by atoms with van der Waals surface area (Å²) in [6.45, 7) is 6.83. The van der Waals surface area contributed by atoms with Crippen LogP contribution in [0.4, 0.5) is 11.5 Å². The Morgan fingerprint density at radius 1 is 1.56 bits per heavy atom. The first-order valence-corrected chi connectivity index (χ1v) is 5.62. The van der Waals surface area contributed by atoms with Gasteiger partial charge in [-0.05, 0) is 17.9 Å². The van der Waals surface area contributed by atoms with Gasteiger partial charge in [-0.25, -0.2) is 4.98 Å². The highest BCUT2D eigenvalue weighted by Gasteiger charge is 2.21. The molecule has 0 aliphatic rings. The molecule has 1 aromatic heterocycles. The van der Waals surface area contributed by atoms with E-state index in [1.54, 1.807) is 6.07 Å². The van der Waals surface area contributed by atoms with Crippen LogP contribution in [0.25, 0.3) is 0 Å². The van der Waals surface area contributed by atoms with Gasteiger partial charge >= 0.3 is 5.69 Å². The Balaban J connectivity index is 2.90. The van der Waals surface area contributed by atoms with Gasteiger partial charge in [0.1, 0.15) is 11.6 Å². The highest BCUT2D eigenvalue weighted by atomic mass is 16.6. The third kappa shape index (κ3) is 3.70. The van der Waals surface area contributed by atoms with Crippen molar-refractivity contribution in [2.75, 3.05) is 11.9 Å². The first-order valence-electron chi connectivity index (χ1n) is 5.62. The second kappa shape index (κ2) is 5.45. The predicted octanol–water partition coefficient (Wildman–Crippen LogP) is 2.71. The second-order valence-electron chi connectivity index (χ2n) is 5.16. The molecule has 0 atom stereocenters. The van der Waals surface area contributed by atoms with Crippen LogP contribution in [0.2, 0.25) is 0 Å². The topological polar surface area (TPSA) is 91.8 Å². The molecular formula is C12H16N4O2. The lowest BCUT2D eigenvalue weighted by atomic mass is 9.92. The summed E-state index contributed by atoms with van der Waals surface area (Å²) in [5.41, 5.74) is -0.101. The van der Waals surface area contributed by atoms with Crippen molar-refractivity contribution < 1.29 is 4.92 Å². The number of anilines is 1. The van der Waals surface area contributed by atoms with E-state index >= 15 is 0 Å². The summed E-state index contributed by atoms with van der Waals surface area (Å²) < 4.78 is 0. The summed E-state index contributed by atoms with van der Waals surface area (Å²) in [6.07, 6.45) is 2.24. The third-order valence-electron chi connectivity index (χ3n) is 2.39. The molecule has 0 saturated carbocycles. The van der Waals surface area contributed by atoms with E-state index in [0.717, 1.165) is 6.42 Å². The SMILES string of the molecule is CC(C)(C)CCNc1nccc(C#N)c1[N+](=O)[O-]. The van der Waals surface area contributed by atoms with E-state index in [4.69, 9.17) is 5.26 Å². The highest BCUT2D eigenvalue weighted by Crippen LogP contribution is 2.26. The first kappa shape index (κ1) is 13.9. The zero-order valence-electron chi connectivity index (χ0n) is 10.7. The fraction of sp³-hybridized carbons (Fsp3) is 0.500. The predicted molar refractivity (Wildman–Crippen MR) is 68.2 cm³/mol. The molecule has 0 aliphatic carbocycles. The molecule has 1 aromatic rings. The van der Waals surface area contributed by atoms with Gasteiger partial charge in [0.05, 0.1) is 4.92 Å². The molecule has 0 bridgehead atoms. The summed E-state index contributed by atoms with van der Waals surface area (Å²) in [6, 6.07) is 3.14. The standard InChI is InChI=1S/C12H16N4O2/c1-12(2,3)5-7-15-11-10(16(17)18)9(8-13)4-6-14-11/h4,6H,5,7H2,1-3H3,(H,14,15). The lowest BCUT2D eigenvalue weighted by molar-refractivity contribution is -0.384. The Bertz CT molecular complexity index is 486. The Labute approximate surface area is 106 Å². The second-order valence-corrected chi connectivity index (χ2v) is 5.16. The minimum Gasteiger partial charge on any atom is -0.364 e. The molecule has 18 heavy (non-hydrogen) atoms. The van der Waals surface area contributed by atoms with Crippen LogP contribution in [0, 0.1) is 26.9 Å². The zero-order chi connectivity index (χ0) is 13.8. The van der Waals surface area contributed by atoms with Crippen molar-refractivity contribution in [1.29, 1.82) is 5.26 Å². The van der Waals surface area contributed by atoms with Gasteiger partial charge in [-0.2, -0.15) is 5.26 Å². The van der Waals surface area contributed by atoms with Gasteiger partial charge in [-0.1, -0.05) is 20.8 Å². The Kier molecular flexibility index (Phi) is 4.21. The molecule has 1 heterocycles. The fourth-order valence-electron chi connectivity index (χ4n) is 1.41. The molecule has 96 valence electrons. The van der Waals surface area contributed by atoms with Crippen molar-refractivity contribution in [2.45, 2.75) is 27.2 Å². The number of aromatic nitrogens is 1. The van der Waals surface area contributed by atoms with E-state index in [-0.39, 0.29) is 22.5 Å². The number of nitriles is 1. The van der Waals surface area contributed by atoms with Crippen LogP contribution < -0.4 is 5.32 Å². The van der Waals surface area contributed by atoms with Gasteiger partial charge in [-0.15, -0.1) is 0 Å². The number of pyridine rings is 1. The highest BCUT2D eigenvalue weighted by molar-refractivity contribution is 5.63. The van der Waals surface area contributed by atoms with Gasteiger partial charge in [0.2, 0.25) is 5.82 Å². The monoisotopic (exact) mass is 248 g/mol. The average molecular weight is 248 g/mol. The molecule has 0 aliphatic heterocycles.